The molecule has 2 aliphatic heterocycles. The van der Waals surface area contributed by atoms with Crippen molar-refractivity contribution in [1.82, 2.24) is 19.9 Å². The van der Waals surface area contributed by atoms with Gasteiger partial charge in [0.1, 0.15) is 0 Å². The summed E-state index contributed by atoms with van der Waals surface area (Å²) in [5.74, 6) is 18.9. The standard InChI is InChI=1S/C108H166N4O6/c1-7-13-19-25-31-37-43-49-55-61-79-113-103-85-91(86-104(114-80-62-56-50-44-38-32-26-20-14-8-2)107(103)117-83-65-59-53-47-41-35-29-23-17-11-5)67-73-97-99-75-69-93(109-99)89-95-71-77-101(111-95)98(102-78-72-96(112-102)90-94-70-76-100(97)110-94)74-68-92-87-105(115-81-63-57-51-45-39-33-27-21-15-9-3)108(118-84-66-60-54-48-42-36-30-24-18-12-6)106(88-92)116-82-64-58-52-46-40-34-28-22-16-10-4/h69-72,75-78,85-90,109-110H,7-66,79-84H2,1-6H3. The highest BCUT2D eigenvalue weighted by Crippen LogP contribution is 2.42. The number of ether oxygens (including phenoxy) is 6. The maximum absolute atomic E-state index is 6.86. The quantitative estimate of drug-likeness (QED) is 0.0286. The zero-order valence-electron chi connectivity index (χ0n) is 76.1. The number of benzene rings is 2. The summed E-state index contributed by atoms with van der Waals surface area (Å²) in [7, 11) is 0. The van der Waals surface area contributed by atoms with E-state index in [4.69, 9.17) is 38.4 Å². The number of hydrogen-bond donors (Lipinski definition) is 2. The van der Waals surface area contributed by atoms with Crippen LogP contribution in [0.3, 0.4) is 0 Å². The predicted octanol–water partition coefficient (Wildman–Crippen LogP) is 33.3. The molecular formula is C108H166N4O6. The largest absolute Gasteiger partial charge is 0.490 e. The van der Waals surface area contributed by atoms with Gasteiger partial charge >= 0.3 is 0 Å². The molecule has 5 heterocycles. The summed E-state index contributed by atoms with van der Waals surface area (Å²) >= 11 is 0. The third-order valence-corrected chi connectivity index (χ3v) is 23.6. The highest BCUT2D eigenvalue weighted by atomic mass is 16.5. The van der Waals surface area contributed by atoms with Crippen molar-refractivity contribution in [2.45, 2.75) is 427 Å². The minimum atomic E-state index is 0.610. The van der Waals surface area contributed by atoms with Crippen LogP contribution in [0.5, 0.6) is 34.5 Å². The van der Waals surface area contributed by atoms with E-state index in [2.05, 4.69) is 160 Å². The molecule has 0 radical (unpaired) electrons. The van der Waals surface area contributed by atoms with Crippen LogP contribution in [0, 0.1) is 23.7 Å². The maximum Gasteiger partial charge on any atom is 0.203 e. The molecule has 0 atom stereocenters. The molecule has 3 aromatic heterocycles. The molecule has 5 aromatic rings. The van der Waals surface area contributed by atoms with Crippen LogP contribution in [0.2, 0.25) is 0 Å². The van der Waals surface area contributed by atoms with Crippen molar-refractivity contribution >= 4 is 46.4 Å². The molecular weight excluding hydrogens is 1450 g/mol. The number of H-pyrrole nitrogens is 2. The van der Waals surface area contributed by atoms with Crippen LogP contribution in [0.1, 0.15) is 472 Å². The molecule has 8 bridgehead atoms. The first-order valence-corrected chi connectivity index (χ1v) is 49.7. The molecule has 0 aliphatic carbocycles. The summed E-state index contributed by atoms with van der Waals surface area (Å²) in [5, 5.41) is 0. The van der Waals surface area contributed by atoms with E-state index in [9.17, 15) is 0 Å². The van der Waals surface area contributed by atoms with Gasteiger partial charge in [0.05, 0.1) is 84.6 Å². The van der Waals surface area contributed by atoms with Crippen LogP contribution in [-0.4, -0.2) is 59.6 Å². The van der Waals surface area contributed by atoms with Gasteiger partial charge in [0.15, 0.2) is 23.0 Å². The lowest BCUT2D eigenvalue weighted by molar-refractivity contribution is 0.234. The zero-order chi connectivity index (χ0) is 82.9. The van der Waals surface area contributed by atoms with Crippen molar-refractivity contribution in [3.8, 4) is 58.2 Å². The molecule has 0 amide bonds. The van der Waals surface area contributed by atoms with Crippen molar-refractivity contribution in [3.63, 3.8) is 0 Å². The average Bonchev–Trinajstić information content (AvgIpc) is 1.46. The number of rotatable bonds is 72. The molecule has 2 aromatic carbocycles. The van der Waals surface area contributed by atoms with Crippen LogP contribution in [0.25, 0.3) is 46.4 Å². The van der Waals surface area contributed by atoms with Gasteiger partial charge in [0.25, 0.3) is 0 Å². The van der Waals surface area contributed by atoms with Gasteiger partial charge < -0.3 is 38.4 Å². The van der Waals surface area contributed by atoms with E-state index < -0.39 is 0 Å². The van der Waals surface area contributed by atoms with Crippen LogP contribution >= 0.6 is 0 Å². The topological polar surface area (TPSA) is 113 Å². The second-order valence-electron chi connectivity index (χ2n) is 34.5. The van der Waals surface area contributed by atoms with Gasteiger partial charge in [-0.3, -0.25) is 0 Å². The Labute approximate surface area is 720 Å². The SMILES string of the molecule is CCCCCCCCCCCCOc1cc(C#Cc2c3nc(cc4ccc([nH]4)c(C#Cc4cc(OCCCCCCCCCCCC)c(OCCCCCCCCCCCC)c(OCCCCCCCCCCCC)c4)c4ccc(cc5nc2C=C5)[nH]4)C=C3)cc(OCCCCCCCCCCCC)c1OCCCCCCCCCCCC. The predicted molar refractivity (Wildman–Crippen MR) is 508 cm³/mol. The Morgan fingerprint density at radius 1 is 0.229 bits per heavy atom. The van der Waals surface area contributed by atoms with Crippen molar-refractivity contribution < 1.29 is 28.4 Å². The number of nitrogens with one attached hydrogen (secondary N) is 2. The van der Waals surface area contributed by atoms with Gasteiger partial charge in [0, 0.05) is 22.2 Å². The lowest BCUT2D eigenvalue weighted by atomic mass is 10.1. The van der Waals surface area contributed by atoms with Gasteiger partial charge in [0.2, 0.25) is 11.5 Å². The van der Waals surface area contributed by atoms with E-state index in [0.717, 1.165) is 156 Å². The number of fused-ring (bicyclic) bond motifs is 8. The molecule has 118 heavy (non-hydrogen) atoms. The highest BCUT2D eigenvalue weighted by molar-refractivity contribution is 5.84. The molecule has 0 saturated carbocycles. The smallest absolute Gasteiger partial charge is 0.203 e. The molecule has 2 N–H and O–H groups in total. The fourth-order valence-corrected chi connectivity index (χ4v) is 16.2. The molecule has 2 aliphatic rings. The molecule has 0 unspecified atom stereocenters. The number of aromatic amines is 2. The monoisotopic (exact) mass is 1620 g/mol. The summed E-state index contributed by atoms with van der Waals surface area (Å²) in [6.45, 7) is 17.5. The van der Waals surface area contributed by atoms with Gasteiger partial charge in [-0.25, -0.2) is 9.97 Å². The second kappa shape index (κ2) is 65.7. The number of aromatic nitrogens is 4. The first-order valence-electron chi connectivity index (χ1n) is 49.7. The zero-order valence-corrected chi connectivity index (χ0v) is 76.1. The fraction of sp³-hybridized carbons (Fsp3) is 0.667. The van der Waals surface area contributed by atoms with Crippen LogP contribution in [0.15, 0.2) is 60.7 Å². The molecule has 10 nitrogen and oxygen atoms in total. The van der Waals surface area contributed by atoms with Crippen LogP contribution in [0.4, 0.5) is 0 Å². The second-order valence-corrected chi connectivity index (χ2v) is 34.5. The van der Waals surface area contributed by atoms with Gasteiger partial charge in [-0.15, -0.1) is 0 Å². The highest BCUT2D eigenvalue weighted by Gasteiger charge is 2.20. The summed E-state index contributed by atoms with van der Waals surface area (Å²) in [4.78, 5) is 18.1. The first-order chi connectivity index (χ1) is 58.4. The Hall–Kier alpha value is -7.04. The van der Waals surface area contributed by atoms with Crippen molar-refractivity contribution in [2.24, 2.45) is 0 Å². The van der Waals surface area contributed by atoms with Crippen LogP contribution in [-0.2, 0) is 0 Å². The molecule has 0 spiro atoms. The van der Waals surface area contributed by atoms with E-state index >= 15 is 0 Å². The van der Waals surface area contributed by atoms with Gasteiger partial charge in [-0.2, -0.15) is 0 Å². The van der Waals surface area contributed by atoms with E-state index in [1.54, 1.807) is 0 Å². The Kier molecular flexibility index (Phi) is 54.6. The Balaban J connectivity index is 1.20. The Morgan fingerprint density at radius 2 is 0.449 bits per heavy atom. The number of unbranched alkanes of at least 4 members (excludes halogenated alkanes) is 54. The summed E-state index contributed by atoms with van der Waals surface area (Å²) in [6, 6.07) is 21.0. The third kappa shape index (κ3) is 42.5. The van der Waals surface area contributed by atoms with E-state index in [0.29, 0.717) is 62.6 Å². The van der Waals surface area contributed by atoms with Gasteiger partial charge in [-0.1, -0.05) is 412 Å². The minimum Gasteiger partial charge on any atom is -0.490 e. The first kappa shape index (κ1) is 98.1. The maximum atomic E-state index is 6.86. The van der Waals surface area contributed by atoms with Crippen molar-refractivity contribution in [1.29, 1.82) is 0 Å². The average molecular weight is 1620 g/mol. The van der Waals surface area contributed by atoms with Crippen molar-refractivity contribution in [3.05, 3.63) is 106 Å². The molecule has 10 heteroatoms. The van der Waals surface area contributed by atoms with E-state index in [-0.39, 0.29) is 0 Å². The summed E-state index contributed by atoms with van der Waals surface area (Å²) in [6.07, 6.45) is 84.5. The summed E-state index contributed by atoms with van der Waals surface area (Å²) < 4.78 is 41.1. The number of nitrogens with zero attached hydrogens (tertiary/aromatic N) is 2. The molecule has 654 valence electrons. The lowest BCUT2D eigenvalue weighted by Crippen LogP contribution is -2.07. The molecule has 0 fully saturated rings. The van der Waals surface area contributed by atoms with Crippen LogP contribution < -0.4 is 28.4 Å². The molecule has 7 rings (SSSR count). The van der Waals surface area contributed by atoms with Gasteiger partial charge in [-0.05, 0) is 123 Å². The normalized spacial score (nSPS) is 11.6. The Morgan fingerprint density at radius 3 is 0.695 bits per heavy atom. The summed E-state index contributed by atoms with van der Waals surface area (Å²) in [5.41, 5.74) is 9.91. The third-order valence-electron chi connectivity index (χ3n) is 23.6. The number of hydrogen-bond acceptors (Lipinski definition) is 8. The van der Waals surface area contributed by atoms with E-state index in [1.807, 2.05) is 0 Å². The van der Waals surface area contributed by atoms with Crippen molar-refractivity contribution in [2.75, 3.05) is 39.6 Å². The lowest BCUT2D eigenvalue weighted by Gasteiger charge is -2.18. The van der Waals surface area contributed by atoms with E-state index in [1.165, 1.54) is 308 Å². The fourth-order valence-electron chi connectivity index (χ4n) is 16.2. The Bertz CT molecular complexity index is 3610. The molecule has 0 saturated heterocycles. The minimum absolute atomic E-state index is 0.610.